The first kappa shape index (κ1) is 23.8. The molecule has 0 aliphatic rings. The summed E-state index contributed by atoms with van der Waals surface area (Å²) in [4.78, 5) is 12.3. The van der Waals surface area contributed by atoms with Crippen LogP contribution in [0.1, 0.15) is 29.2 Å². The summed E-state index contributed by atoms with van der Waals surface area (Å²) in [7, 11) is 2.85. The fraction of sp³-hybridized carbons (Fsp3) is 0.261. The van der Waals surface area contributed by atoms with Crippen molar-refractivity contribution in [1.82, 2.24) is 0 Å². The van der Waals surface area contributed by atoms with Gasteiger partial charge in [0.2, 0.25) is 0 Å². The molecule has 0 saturated heterocycles. The van der Waals surface area contributed by atoms with Gasteiger partial charge in [-0.15, -0.1) is 5.10 Å². The maximum absolute atomic E-state index is 12.3. The lowest BCUT2D eigenvalue weighted by atomic mass is 10.0. The third-order valence-corrected chi connectivity index (χ3v) is 6.12. The highest BCUT2D eigenvalue weighted by Crippen LogP contribution is 2.27. The topological polar surface area (TPSA) is 60.2 Å². The van der Waals surface area contributed by atoms with E-state index in [1.807, 2.05) is 62.6 Å². The van der Waals surface area contributed by atoms with Crippen LogP contribution in [0.15, 0.2) is 65.0 Å². The van der Waals surface area contributed by atoms with Crippen molar-refractivity contribution < 1.29 is 14.3 Å². The minimum atomic E-state index is -0.474. The Balaban J connectivity index is 2.54. The SMILES string of the molecule is COC=C(C(=O)OC)c1ccccc1C(=NN=C(C)c1cccc(C)c1)SCSC. The summed E-state index contributed by atoms with van der Waals surface area (Å²) in [6, 6.07) is 15.7. The molecule has 0 aliphatic carbocycles. The van der Waals surface area contributed by atoms with Crippen molar-refractivity contribution in [3.05, 3.63) is 77.0 Å². The number of aryl methyl sites for hydroxylation is 1. The molecule has 158 valence electrons. The second-order valence-electron chi connectivity index (χ2n) is 6.32. The first-order valence-corrected chi connectivity index (χ1v) is 11.6. The quantitative estimate of drug-likeness (QED) is 0.104. The van der Waals surface area contributed by atoms with Crippen LogP contribution in [0.25, 0.3) is 5.57 Å². The predicted molar refractivity (Wildman–Crippen MR) is 129 cm³/mol. The fourth-order valence-corrected chi connectivity index (χ4v) is 4.03. The van der Waals surface area contributed by atoms with Crippen LogP contribution in [0.2, 0.25) is 0 Å². The predicted octanol–water partition coefficient (Wildman–Crippen LogP) is 5.38. The minimum absolute atomic E-state index is 0.326. The zero-order chi connectivity index (χ0) is 21.9. The summed E-state index contributed by atoms with van der Waals surface area (Å²) < 4.78 is 10.1. The maximum Gasteiger partial charge on any atom is 0.341 e. The van der Waals surface area contributed by atoms with E-state index in [9.17, 15) is 4.79 Å². The molecular weight excluding hydrogens is 416 g/mol. The number of methoxy groups -OCH3 is 2. The molecule has 0 amide bonds. The van der Waals surface area contributed by atoms with Crippen LogP contribution in [0, 0.1) is 6.92 Å². The van der Waals surface area contributed by atoms with E-state index in [-0.39, 0.29) is 0 Å². The second-order valence-corrected chi connectivity index (χ2v) is 8.51. The number of hydrogen-bond acceptors (Lipinski definition) is 7. The standard InChI is InChI=1S/C23H26N2O3S2/c1-16-9-8-10-18(13-16)17(2)24-25-22(30-15-29-5)20-12-7-6-11-19(20)21(14-27-3)23(26)28-4/h6-14H,15H2,1-5H3. The summed E-state index contributed by atoms with van der Waals surface area (Å²) in [5, 5.41) is 10.6. The lowest BCUT2D eigenvalue weighted by molar-refractivity contribution is -0.133. The molecule has 0 radical (unpaired) electrons. The number of carbonyl (C=O) groups is 1. The maximum atomic E-state index is 12.3. The second kappa shape index (κ2) is 12.2. The van der Waals surface area contributed by atoms with Gasteiger partial charge >= 0.3 is 5.97 Å². The third kappa shape index (κ3) is 6.50. The molecule has 0 heterocycles. The Kier molecular flexibility index (Phi) is 9.70. The zero-order valence-corrected chi connectivity index (χ0v) is 19.5. The molecule has 0 unspecified atom stereocenters. The first-order chi connectivity index (χ1) is 14.5. The number of benzene rings is 2. The highest BCUT2D eigenvalue weighted by molar-refractivity contribution is 8.24. The van der Waals surface area contributed by atoms with E-state index in [0.717, 1.165) is 27.0 Å². The molecule has 30 heavy (non-hydrogen) atoms. The van der Waals surface area contributed by atoms with Gasteiger partial charge in [-0.3, -0.25) is 0 Å². The lowest BCUT2D eigenvalue weighted by Gasteiger charge is -2.12. The van der Waals surface area contributed by atoms with Crippen LogP contribution in [0.4, 0.5) is 0 Å². The van der Waals surface area contributed by atoms with E-state index in [1.54, 1.807) is 23.5 Å². The van der Waals surface area contributed by atoms with Crippen LogP contribution in [-0.4, -0.2) is 42.3 Å². The molecule has 0 saturated carbocycles. The molecule has 0 atom stereocenters. The number of hydrogen-bond donors (Lipinski definition) is 0. The van der Waals surface area contributed by atoms with Crippen LogP contribution in [-0.2, 0) is 14.3 Å². The van der Waals surface area contributed by atoms with Gasteiger partial charge in [0.25, 0.3) is 0 Å². The third-order valence-electron chi connectivity index (χ3n) is 4.13. The highest BCUT2D eigenvalue weighted by Gasteiger charge is 2.19. The van der Waals surface area contributed by atoms with E-state index in [2.05, 4.69) is 16.3 Å². The molecule has 0 bridgehead atoms. The average Bonchev–Trinajstić information content (AvgIpc) is 2.77. The monoisotopic (exact) mass is 442 g/mol. The zero-order valence-electron chi connectivity index (χ0n) is 17.8. The van der Waals surface area contributed by atoms with E-state index in [1.165, 1.54) is 26.0 Å². The van der Waals surface area contributed by atoms with Gasteiger partial charge in [-0.2, -0.15) is 16.9 Å². The van der Waals surface area contributed by atoms with Crippen LogP contribution >= 0.6 is 23.5 Å². The summed E-state index contributed by atoms with van der Waals surface area (Å²) in [5.41, 5.74) is 4.82. The van der Waals surface area contributed by atoms with Crippen molar-refractivity contribution >= 4 is 45.8 Å². The number of carbonyl (C=O) groups excluding carboxylic acids is 1. The molecule has 0 aromatic heterocycles. The van der Waals surface area contributed by atoms with Gasteiger partial charge in [0.15, 0.2) is 0 Å². The number of esters is 1. The average molecular weight is 443 g/mol. The smallest absolute Gasteiger partial charge is 0.341 e. The Labute approximate surface area is 186 Å². The van der Waals surface area contributed by atoms with Crippen molar-refractivity contribution in [3.8, 4) is 0 Å². The summed E-state index contributed by atoms with van der Waals surface area (Å²) in [6.45, 7) is 3.98. The van der Waals surface area contributed by atoms with Crippen molar-refractivity contribution in [2.24, 2.45) is 10.2 Å². The molecule has 2 rings (SSSR count). The Morgan fingerprint density at radius 1 is 1.07 bits per heavy atom. The van der Waals surface area contributed by atoms with Gasteiger partial charge in [0.05, 0.1) is 26.2 Å². The van der Waals surface area contributed by atoms with Crippen LogP contribution in [0.5, 0.6) is 0 Å². The van der Waals surface area contributed by atoms with Crippen molar-refractivity contribution in [2.75, 3.05) is 25.6 Å². The van der Waals surface area contributed by atoms with Crippen molar-refractivity contribution in [3.63, 3.8) is 0 Å². The molecule has 0 spiro atoms. The number of rotatable bonds is 8. The normalized spacial score (nSPS) is 12.6. The number of nitrogens with zero attached hydrogens (tertiary/aromatic N) is 2. The van der Waals surface area contributed by atoms with Gasteiger partial charge in [0, 0.05) is 16.2 Å². The summed E-state index contributed by atoms with van der Waals surface area (Å²) in [5.74, 6) is -0.474. The van der Waals surface area contributed by atoms with E-state index in [0.29, 0.717) is 11.1 Å². The lowest BCUT2D eigenvalue weighted by Crippen LogP contribution is -2.09. The Bertz CT molecular complexity index is 968. The Morgan fingerprint density at radius 3 is 2.43 bits per heavy atom. The molecule has 0 fully saturated rings. The minimum Gasteiger partial charge on any atom is -0.503 e. The number of ether oxygens (including phenoxy) is 2. The van der Waals surface area contributed by atoms with E-state index < -0.39 is 5.97 Å². The largest absolute Gasteiger partial charge is 0.503 e. The van der Waals surface area contributed by atoms with Gasteiger partial charge in [-0.1, -0.05) is 65.9 Å². The molecule has 0 N–H and O–H groups in total. The Morgan fingerprint density at radius 2 is 1.80 bits per heavy atom. The van der Waals surface area contributed by atoms with Crippen LogP contribution < -0.4 is 0 Å². The highest BCUT2D eigenvalue weighted by atomic mass is 32.2. The Hall–Kier alpha value is -2.51. The molecule has 2 aromatic rings. The van der Waals surface area contributed by atoms with E-state index in [4.69, 9.17) is 9.47 Å². The van der Waals surface area contributed by atoms with Crippen LogP contribution in [0.3, 0.4) is 0 Å². The van der Waals surface area contributed by atoms with Gasteiger partial charge < -0.3 is 9.47 Å². The van der Waals surface area contributed by atoms with Crippen molar-refractivity contribution in [2.45, 2.75) is 13.8 Å². The summed E-state index contributed by atoms with van der Waals surface area (Å²) in [6.07, 6.45) is 3.42. The summed E-state index contributed by atoms with van der Waals surface area (Å²) >= 11 is 3.26. The van der Waals surface area contributed by atoms with Gasteiger partial charge in [-0.25, -0.2) is 4.79 Å². The molecule has 7 heteroatoms. The van der Waals surface area contributed by atoms with Gasteiger partial charge in [0.1, 0.15) is 10.6 Å². The fourth-order valence-electron chi connectivity index (χ4n) is 2.68. The van der Waals surface area contributed by atoms with E-state index >= 15 is 0 Å². The first-order valence-electron chi connectivity index (χ1n) is 9.23. The van der Waals surface area contributed by atoms with Gasteiger partial charge in [-0.05, 0) is 25.7 Å². The molecular formula is C23H26N2O3S2. The molecule has 0 aliphatic heterocycles. The number of thioether (sulfide) groups is 2. The molecule has 5 nitrogen and oxygen atoms in total. The van der Waals surface area contributed by atoms with Crippen molar-refractivity contribution in [1.29, 1.82) is 0 Å². The molecule has 2 aromatic carbocycles.